The zero-order valence-corrected chi connectivity index (χ0v) is 17.0. The summed E-state index contributed by atoms with van der Waals surface area (Å²) >= 11 is 6.06. The molecule has 150 valence electrons. The molecular formula is C21H18ClNO5S. The van der Waals surface area contributed by atoms with E-state index in [1.54, 1.807) is 43.3 Å². The number of nitrogens with one attached hydrogen (secondary N) is 1. The van der Waals surface area contributed by atoms with Crippen molar-refractivity contribution in [3.8, 4) is 11.5 Å². The lowest BCUT2D eigenvalue weighted by Crippen LogP contribution is -2.13. The highest BCUT2D eigenvalue weighted by atomic mass is 35.5. The molecule has 29 heavy (non-hydrogen) atoms. The summed E-state index contributed by atoms with van der Waals surface area (Å²) in [5.74, 6) is 0.469. The maximum absolute atomic E-state index is 12.6. The first kappa shape index (κ1) is 20.7. The number of sulfonamides is 1. The van der Waals surface area contributed by atoms with E-state index in [1.807, 2.05) is 0 Å². The van der Waals surface area contributed by atoms with Gasteiger partial charge in [0, 0.05) is 5.69 Å². The highest BCUT2D eigenvalue weighted by molar-refractivity contribution is 7.92. The van der Waals surface area contributed by atoms with Crippen LogP contribution in [0.5, 0.6) is 11.5 Å². The zero-order valence-electron chi connectivity index (χ0n) is 15.5. The van der Waals surface area contributed by atoms with Crippen molar-refractivity contribution in [3.05, 3.63) is 83.4 Å². The summed E-state index contributed by atoms with van der Waals surface area (Å²) in [4.78, 5) is 11.7. The van der Waals surface area contributed by atoms with E-state index in [2.05, 4.69) is 4.72 Å². The molecule has 0 fully saturated rings. The van der Waals surface area contributed by atoms with Crippen molar-refractivity contribution in [3.63, 3.8) is 0 Å². The minimum Gasteiger partial charge on any atom is -0.462 e. The Morgan fingerprint density at radius 1 is 0.966 bits per heavy atom. The highest BCUT2D eigenvalue weighted by Crippen LogP contribution is 2.29. The molecule has 0 spiro atoms. The average molecular weight is 432 g/mol. The number of carbonyl (C=O) groups is 1. The summed E-state index contributed by atoms with van der Waals surface area (Å²) in [7, 11) is -3.80. The Labute approximate surface area is 174 Å². The molecule has 3 aromatic carbocycles. The third-order valence-corrected chi connectivity index (χ3v) is 5.56. The van der Waals surface area contributed by atoms with Crippen molar-refractivity contribution in [2.75, 3.05) is 11.3 Å². The quantitative estimate of drug-likeness (QED) is 0.525. The van der Waals surface area contributed by atoms with E-state index in [9.17, 15) is 13.2 Å². The maximum atomic E-state index is 12.6. The van der Waals surface area contributed by atoms with Gasteiger partial charge in [0.05, 0.1) is 22.1 Å². The number of para-hydroxylation sites is 1. The fraction of sp³-hybridized carbons (Fsp3) is 0.0952. The van der Waals surface area contributed by atoms with E-state index < -0.39 is 16.0 Å². The summed E-state index contributed by atoms with van der Waals surface area (Å²) in [5, 5.41) is 0.456. The van der Waals surface area contributed by atoms with E-state index >= 15 is 0 Å². The van der Waals surface area contributed by atoms with Crippen molar-refractivity contribution >= 4 is 33.3 Å². The van der Waals surface area contributed by atoms with Gasteiger partial charge in [0.25, 0.3) is 10.0 Å². The first-order valence-corrected chi connectivity index (χ1v) is 10.6. The van der Waals surface area contributed by atoms with E-state index in [0.717, 1.165) is 0 Å². The molecule has 3 aromatic rings. The van der Waals surface area contributed by atoms with Crippen molar-refractivity contribution in [2.24, 2.45) is 0 Å². The van der Waals surface area contributed by atoms with Gasteiger partial charge < -0.3 is 9.47 Å². The smallest absolute Gasteiger partial charge is 0.338 e. The van der Waals surface area contributed by atoms with Crippen molar-refractivity contribution in [1.82, 2.24) is 0 Å². The fourth-order valence-electron chi connectivity index (χ4n) is 2.44. The molecule has 0 bridgehead atoms. The predicted octanol–water partition coefficient (Wildman–Crippen LogP) is 5.11. The van der Waals surface area contributed by atoms with Crippen molar-refractivity contribution < 1.29 is 22.7 Å². The molecule has 0 saturated carbocycles. The van der Waals surface area contributed by atoms with Gasteiger partial charge in [-0.05, 0) is 67.6 Å². The maximum Gasteiger partial charge on any atom is 0.338 e. The molecule has 1 N–H and O–H groups in total. The Morgan fingerprint density at radius 3 is 2.24 bits per heavy atom. The predicted molar refractivity (Wildman–Crippen MR) is 111 cm³/mol. The third kappa shape index (κ3) is 5.28. The highest BCUT2D eigenvalue weighted by Gasteiger charge is 2.15. The van der Waals surface area contributed by atoms with Crippen LogP contribution in [-0.2, 0) is 14.8 Å². The van der Waals surface area contributed by atoms with Crippen LogP contribution in [0, 0.1) is 0 Å². The fourth-order valence-corrected chi connectivity index (χ4v) is 3.68. The van der Waals surface area contributed by atoms with Gasteiger partial charge in [-0.15, -0.1) is 0 Å². The normalized spacial score (nSPS) is 11.0. The lowest BCUT2D eigenvalue weighted by Gasteiger charge is -2.10. The Balaban J connectivity index is 1.71. The first-order valence-electron chi connectivity index (χ1n) is 8.71. The van der Waals surface area contributed by atoms with Gasteiger partial charge in [-0.1, -0.05) is 23.7 Å². The van der Waals surface area contributed by atoms with Crippen LogP contribution in [0.2, 0.25) is 5.02 Å². The van der Waals surface area contributed by atoms with Crippen LogP contribution in [0.15, 0.2) is 77.7 Å². The van der Waals surface area contributed by atoms with Crippen LogP contribution in [0.4, 0.5) is 5.69 Å². The van der Waals surface area contributed by atoms with Gasteiger partial charge in [0.2, 0.25) is 0 Å². The van der Waals surface area contributed by atoms with Crippen molar-refractivity contribution in [2.45, 2.75) is 11.8 Å². The molecule has 0 saturated heterocycles. The van der Waals surface area contributed by atoms with E-state index in [4.69, 9.17) is 21.1 Å². The van der Waals surface area contributed by atoms with Crippen LogP contribution >= 0.6 is 11.6 Å². The standard InChI is InChI=1S/C21H18ClNO5S/c1-2-27-21(24)15-7-9-16(10-8-15)23-29(25,26)18-13-11-17(12-14-18)28-20-6-4-3-5-19(20)22/h3-14,23H,2H2,1H3. The number of hydrogen-bond acceptors (Lipinski definition) is 5. The SMILES string of the molecule is CCOC(=O)c1ccc(NS(=O)(=O)c2ccc(Oc3ccccc3Cl)cc2)cc1. The van der Waals surface area contributed by atoms with Gasteiger partial charge in [-0.3, -0.25) is 4.72 Å². The third-order valence-electron chi connectivity index (χ3n) is 3.85. The topological polar surface area (TPSA) is 81.7 Å². The lowest BCUT2D eigenvalue weighted by atomic mass is 10.2. The monoisotopic (exact) mass is 431 g/mol. The molecule has 0 radical (unpaired) electrons. The minimum absolute atomic E-state index is 0.0680. The Morgan fingerprint density at radius 2 is 1.62 bits per heavy atom. The van der Waals surface area contributed by atoms with Gasteiger partial charge >= 0.3 is 5.97 Å². The second-order valence-corrected chi connectivity index (χ2v) is 8.00. The van der Waals surface area contributed by atoms with Gasteiger partial charge in [0.15, 0.2) is 0 Å². The molecule has 0 heterocycles. The number of halogens is 1. The average Bonchev–Trinajstić information content (AvgIpc) is 2.71. The summed E-state index contributed by atoms with van der Waals surface area (Å²) < 4.78 is 38.2. The summed E-state index contributed by atoms with van der Waals surface area (Å²) in [6, 6.07) is 18.9. The largest absolute Gasteiger partial charge is 0.462 e. The van der Waals surface area contributed by atoms with Crippen LogP contribution in [0.1, 0.15) is 17.3 Å². The molecular weight excluding hydrogens is 414 g/mol. The molecule has 3 rings (SSSR count). The molecule has 0 aliphatic heterocycles. The molecule has 0 aliphatic rings. The number of esters is 1. The number of benzene rings is 3. The number of hydrogen-bond donors (Lipinski definition) is 1. The second kappa shape index (κ2) is 8.98. The molecule has 8 heteroatoms. The van der Waals surface area contributed by atoms with E-state index in [-0.39, 0.29) is 11.5 Å². The molecule has 6 nitrogen and oxygen atoms in total. The Kier molecular flexibility index (Phi) is 6.41. The van der Waals surface area contributed by atoms with Crippen molar-refractivity contribution in [1.29, 1.82) is 0 Å². The number of anilines is 1. The molecule has 0 unspecified atom stereocenters. The lowest BCUT2D eigenvalue weighted by molar-refractivity contribution is 0.0526. The van der Waals surface area contributed by atoms with Crippen LogP contribution in [-0.4, -0.2) is 21.0 Å². The van der Waals surface area contributed by atoms with Crippen LogP contribution in [0.25, 0.3) is 0 Å². The Hall–Kier alpha value is -3.03. The molecule has 0 aliphatic carbocycles. The zero-order chi connectivity index (χ0) is 20.9. The van der Waals surface area contributed by atoms with E-state index in [1.165, 1.54) is 36.4 Å². The summed E-state index contributed by atoms with van der Waals surface area (Å²) in [6.45, 7) is 1.98. The number of carbonyl (C=O) groups excluding carboxylic acids is 1. The summed E-state index contributed by atoms with van der Waals surface area (Å²) in [5.41, 5.74) is 0.672. The Bertz CT molecular complexity index is 1100. The van der Waals surface area contributed by atoms with Gasteiger partial charge in [-0.2, -0.15) is 0 Å². The number of ether oxygens (including phenoxy) is 2. The first-order chi connectivity index (χ1) is 13.9. The number of rotatable bonds is 7. The summed E-state index contributed by atoms with van der Waals surface area (Å²) in [6.07, 6.45) is 0. The molecule has 0 aromatic heterocycles. The second-order valence-electron chi connectivity index (χ2n) is 5.91. The van der Waals surface area contributed by atoms with Gasteiger partial charge in [0.1, 0.15) is 11.5 Å². The van der Waals surface area contributed by atoms with Gasteiger partial charge in [-0.25, -0.2) is 13.2 Å². The minimum atomic E-state index is -3.80. The van der Waals surface area contributed by atoms with Crippen LogP contribution < -0.4 is 9.46 Å². The molecule has 0 atom stereocenters. The van der Waals surface area contributed by atoms with E-state index in [0.29, 0.717) is 27.8 Å². The molecule has 0 amide bonds. The van der Waals surface area contributed by atoms with Crippen LogP contribution in [0.3, 0.4) is 0 Å².